The van der Waals surface area contributed by atoms with E-state index >= 15 is 0 Å². The molecule has 1 aromatic carbocycles. The summed E-state index contributed by atoms with van der Waals surface area (Å²) in [6.45, 7) is 3.11. The van der Waals surface area contributed by atoms with Crippen molar-refractivity contribution in [1.29, 1.82) is 0 Å². The predicted molar refractivity (Wildman–Crippen MR) is 94.9 cm³/mol. The Morgan fingerprint density at radius 3 is 2.67 bits per heavy atom. The molecule has 2 saturated carbocycles. The molecule has 0 bridgehead atoms. The molecule has 0 aliphatic heterocycles. The molecule has 0 atom stereocenters. The van der Waals surface area contributed by atoms with Crippen LogP contribution in [-0.2, 0) is 0 Å². The predicted octanol–water partition coefficient (Wildman–Crippen LogP) is 4.30. The van der Waals surface area contributed by atoms with E-state index in [-0.39, 0.29) is 22.0 Å². The number of hydrogen-bond donors (Lipinski definition) is 2. The highest BCUT2D eigenvalue weighted by Gasteiger charge is 2.41. The second-order valence-electron chi connectivity index (χ2n) is 7.67. The normalized spacial score (nSPS) is 27.0. The minimum atomic E-state index is -0.488. The van der Waals surface area contributed by atoms with Gasteiger partial charge in [0.15, 0.2) is 0 Å². The number of rotatable bonds is 6. The third kappa shape index (κ3) is 4.48. The molecule has 3 nitrogen and oxygen atoms in total. The van der Waals surface area contributed by atoms with Crippen molar-refractivity contribution in [2.75, 3.05) is 6.54 Å². The first-order chi connectivity index (χ1) is 11.4. The minimum Gasteiger partial charge on any atom is -0.347 e. The summed E-state index contributed by atoms with van der Waals surface area (Å²) in [5.74, 6) is 0.155. The van der Waals surface area contributed by atoms with Crippen molar-refractivity contribution in [3.8, 4) is 0 Å². The summed E-state index contributed by atoms with van der Waals surface area (Å²) in [7, 11) is 0. The van der Waals surface area contributed by atoms with Crippen LogP contribution in [0.3, 0.4) is 0 Å². The molecule has 2 aliphatic carbocycles. The van der Waals surface area contributed by atoms with E-state index in [1.807, 2.05) is 6.92 Å². The first kappa shape index (κ1) is 17.7. The van der Waals surface area contributed by atoms with E-state index in [0.717, 1.165) is 25.3 Å². The molecule has 0 saturated heterocycles. The van der Waals surface area contributed by atoms with Gasteiger partial charge in [-0.25, -0.2) is 4.39 Å². The molecule has 2 N–H and O–H groups in total. The van der Waals surface area contributed by atoms with Crippen LogP contribution < -0.4 is 10.6 Å². The third-order valence-corrected chi connectivity index (χ3v) is 5.61. The van der Waals surface area contributed by atoms with Gasteiger partial charge >= 0.3 is 0 Å². The zero-order valence-corrected chi connectivity index (χ0v) is 15.0. The largest absolute Gasteiger partial charge is 0.347 e. The van der Waals surface area contributed by atoms with E-state index in [0.29, 0.717) is 6.04 Å². The second kappa shape index (κ2) is 7.40. The molecule has 132 valence electrons. The van der Waals surface area contributed by atoms with Crippen LogP contribution in [0.1, 0.15) is 62.2 Å². The Bertz CT molecular complexity index is 575. The summed E-state index contributed by atoms with van der Waals surface area (Å²) in [5, 5.41) is 6.86. The van der Waals surface area contributed by atoms with Crippen LogP contribution in [0.25, 0.3) is 0 Å². The average molecular weight is 353 g/mol. The van der Waals surface area contributed by atoms with E-state index in [1.54, 1.807) is 0 Å². The van der Waals surface area contributed by atoms with E-state index in [1.165, 1.54) is 50.3 Å². The van der Waals surface area contributed by atoms with Crippen molar-refractivity contribution in [1.82, 2.24) is 10.6 Å². The van der Waals surface area contributed by atoms with Crippen molar-refractivity contribution in [3.63, 3.8) is 0 Å². The summed E-state index contributed by atoms with van der Waals surface area (Å²) in [5.41, 5.74) is 0.0554. The van der Waals surface area contributed by atoms with Crippen LogP contribution in [-0.4, -0.2) is 24.0 Å². The van der Waals surface area contributed by atoms with Gasteiger partial charge in [0.05, 0.1) is 0 Å². The highest BCUT2D eigenvalue weighted by atomic mass is 35.5. The molecule has 2 fully saturated rings. The maximum Gasteiger partial charge on any atom is 0.251 e. The molecule has 3 rings (SSSR count). The number of nitrogens with one attached hydrogen (secondary N) is 2. The van der Waals surface area contributed by atoms with Gasteiger partial charge < -0.3 is 10.6 Å². The van der Waals surface area contributed by atoms with Gasteiger partial charge in [0, 0.05) is 22.2 Å². The third-order valence-electron chi connectivity index (χ3n) is 5.39. The maximum atomic E-state index is 13.4. The number of carbonyl (C=O) groups is 1. The maximum absolute atomic E-state index is 13.4. The van der Waals surface area contributed by atoms with Gasteiger partial charge in [-0.15, -0.1) is 0 Å². The first-order valence-electron chi connectivity index (χ1n) is 8.95. The van der Waals surface area contributed by atoms with Crippen LogP contribution in [0.5, 0.6) is 0 Å². The Morgan fingerprint density at radius 1 is 1.29 bits per heavy atom. The van der Waals surface area contributed by atoms with E-state index < -0.39 is 5.82 Å². The lowest BCUT2D eigenvalue weighted by molar-refractivity contribution is 0.0797. The summed E-state index contributed by atoms with van der Waals surface area (Å²) in [6.07, 6.45) is 8.64. The van der Waals surface area contributed by atoms with Crippen molar-refractivity contribution < 1.29 is 9.18 Å². The summed E-state index contributed by atoms with van der Waals surface area (Å²) in [4.78, 5) is 12.3. The average Bonchev–Trinajstić information content (AvgIpc) is 2.97. The highest BCUT2D eigenvalue weighted by Crippen LogP contribution is 2.33. The van der Waals surface area contributed by atoms with Crippen molar-refractivity contribution in [2.45, 2.75) is 63.5 Å². The summed E-state index contributed by atoms with van der Waals surface area (Å²) < 4.78 is 13.4. The fourth-order valence-corrected chi connectivity index (χ4v) is 4.32. The molecule has 0 heterocycles. The number of amides is 1. The Labute approximate surface area is 148 Å². The lowest BCUT2D eigenvalue weighted by Crippen LogP contribution is -2.61. The SMILES string of the molecule is CC1(NC(=O)c2cc(F)cc(Cl)c2)CC(NCCC2CCCC2)C1. The zero-order chi connectivity index (χ0) is 17.2. The van der Waals surface area contributed by atoms with E-state index in [9.17, 15) is 9.18 Å². The lowest BCUT2D eigenvalue weighted by atomic mass is 9.73. The minimum absolute atomic E-state index is 0.221. The molecule has 0 aromatic heterocycles. The Morgan fingerprint density at radius 2 is 2.00 bits per heavy atom. The quantitative estimate of drug-likeness (QED) is 0.801. The van der Waals surface area contributed by atoms with Gasteiger partial charge in [0.2, 0.25) is 0 Å². The second-order valence-corrected chi connectivity index (χ2v) is 8.11. The topological polar surface area (TPSA) is 41.1 Å². The Hall–Kier alpha value is -1.13. The molecule has 5 heteroatoms. The van der Waals surface area contributed by atoms with Gasteiger partial charge in [-0.2, -0.15) is 0 Å². The fraction of sp³-hybridized carbons (Fsp3) is 0.632. The number of benzene rings is 1. The smallest absolute Gasteiger partial charge is 0.251 e. The van der Waals surface area contributed by atoms with Gasteiger partial charge in [-0.3, -0.25) is 4.79 Å². The Balaban J connectivity index is 1.42. The molecule has 24 heavy (non-hydrogen) atoms. The number of carbonyl (C=O) groups excluding carboxylic acids is 1. The first-order valence-corrected chi connectivity index (χ1v) is 9.33. The molecular weight excluding hydrogens is 327 g/mol. The monoisotopic (exact) mass is 352 g/mol. The lowest BCUT2D eigenvalue weighted by Gasteiger charge is -2.46. The van der Waals surface area contributed by atoms with Gasteiger partial charge in [0.1, 0.15) is 5.82 Å². The number of hydrogen-bond acceptors (Lipinski definition) is 2. The molecule has 1 aromatic rings. The van der Waals surface area contributed by atoms with Gasteiger partial charge in [0.25, 0.3) is 5.91 Å². The summed E-state index contributed by atoms with van der Waals surface area (Å²) >= 11 is 5.82. The van der Waals surface area contributed by atoms with Crippen molar-refractivity contribution in [3.05, 3.63) is 34.6 Å². The standard InChI is InChI=1S/C19H26ClFN2O/c1-19(23-18(24)14-8-15(20)10-16(21)9-14)11-17(12-19)22-7-6-13-4-2-3-5-13/h8-10,13,17,22H,2-7,11-12H2,1H3,(H,23,24). The Kier molecular flexibility index (Phi) is 5.46. The highest BCUT2D eigenvalue weighted by molar-refractivity contribution is 6.31. The van der Waals surface area contributed by atoms with Crippen LogP contribution in [0, 0.1) is 11.7 Å². The molecule has 0 unspecified atom stereocenters. The van der Waals surface area contributed by atoms with Crippen molar-refractivity contribution in [2.24, 2.45) is 5.92 Å². The van der Waals surface area contributed by atoms with E-state index in [2.05, 4.69) is 10.6 Å². The van der Waals surface area contributed by atoms with Crippen LogP contribution in [0.4, 0.5) is 4.39 Å². The fourth-order valence-electron chi connectivity index (χ4n) is 4.10. The van der Waals surface area contributed by atoms with Gasteiger partial charge in [-0.05, 0) is 56.8 Å². The molecule has 1 amide bonds. The molecule has 0 radical (unpaired) electrons. The number of halogens is 2. The molecule has 2 aliphatic rings. The van der Waals surface area contributed by atoms with Crippen LogP contribution >= 0.6 is 11.6 Å². The summed E-state index contributed by atoms with van der Waals surface area (Å²) in [6, 6.07) is 4.39. The van der Waals surface area contributed by atoms with Crippen molar-refractivity contribution >= 4 is 17.5 Å². The van der Waals surface area contributed by atoms with Crippen LogP contribution in [0.15, 0.2) is 18.2 Å². The van der Waals surface area contributed by atoms with Crippen LogP contribution in [0.2, 0.25) is 5.02 Å². The zero-order valence-electron chi connectivity index (χ0n) is 14.2. The van der Waals surface area contributed by atoms with Gasteiger partial charge in [-0.1, -0.05) is 37.3 Å². The molecule has 0 spiro atoms. The van der Waals surface area contributed by atoms with E-state index in [4.69, 9.17) is 11.6 Å². The molecular formula is C19H26ClFN2O.